The van der Waals surface area contributed by atoms with E-state index in [1.54, 1.807) is 31.2 Å². The Labute approximate surface area is 129 Å². The van der Waals surface area contributed by atoms with Crippen molar-refractivity contribution in [1.82, 2.24) is 9.97 Å². The van der Waals surface area contributed by atoms with Gasteiger partial charge in [-0.1, -0.05) is 25.1 Å². The minimum Gasteiger partial charge on any atom is -0.427 e. The number of para-hydroxylation sites is 1. The van der Waals surface area contributed by atoms with Crippen LogP contribution in [0.4, 0.5) is 0 Å². The smallest absolute Gasteiger partial charge is 0.311 e. The Hall–Kier alpha value is -2.28. The van der Waals surface area contributed by atoms with Crippen LogP contribution >= 0.6 is 0 Å². The molecule has 0 saturated heterocycles. The van der Waals surface area contributed by atoms with Gasteiger partial charge < -0.3 is 4.74 Å². The fraction of sp³-hybridized carbons (Fsp3) is 0.267. The molecular weight excluding hydrogens is 304 g/mol. The van der Waals surface area contributed by atoms with Crippen molar-refractivity contribution >= 4 is 15.8 Å². The van der Waals surface area contributed by atoms with Crippen LogP contribution in [0.5, 0.6) is 5.75 Å². The molecule has 7 heteroatoms. The fourth-order valence-corrected chi connectivity index (χ4v) is 2.44. The molecule has 0 atom stereocenters. The molecule has 0 fully saturated rings. The van der Waals surface area contributed by atoms with Crippen LogP contribution in [0.1, 0.15) is 19.2 Å². The minimum absolute atomic E-state index is 0.000885. The molecule has 0 saturated carbocycles. The van der Waals surface area contributed by atoms with E-state index in [-0.39, 0.29) is 29.5 Å². The van der Waals surface area contributed by atoms with Crippen molar-refractivity contribution < 1.29 is 17.9 Å². The third kappa shape index (κ3) is 4.36. The fourth-order valence-electron chi connectivity index (χ4n) is 1.68. The Morgan fingerprint density at radius 2 is 1.77 bits per heavy atom. The zero-order valence-electron chi connectivity index (χ0n) is 12.1. The first-order valence-corrected chi connectivity index (χ1v) is 8.46. The van der Waals surface area contributed by atoms with Gasteiger partial charge in [0.05, 0.1) is 12.2 Å². The topological polar surface area (TPSA) is 86.2 Å². The summed E-state index contributed by atoms with van der Waals surface area (Å²) in [5.41, 5.74) is 0. The molecule has 116 valence electrons. The lowest BCUT2D eigenvalue weighted by molar-refractivity contribution is -0.134. The van der Waals surface area contributed by atoms with Gasteiger partial charge in [0.15, 0.2) is 9.84 Å². The van der Waals surface area contributed by atoms with Gasteiger partial charge in [-0.15, -0.1) is 0 Å². The molecule has 0 aliphatic rings. The first kappa shape index (κ1) is 16.1. The van der Waals surface area contributed by atoms with Crippen LogP contribution in [-0.4, -0.2) is 30.1 Å². The number of benzene rings is 1. The molecule has 22 heavy (non-hydrogen) atoms. The van der Waals surface area contributed by atoms with Crippen molar-refractivity contribution in [1.29, 1.82) is 0 Å². The van der Waals surface area contributed by atoms with Gasteiger partial charge in [0.25, 0.3) is 0 Å². The first-order valence-electron chi connectivity index (χ1n) is 6.80. The number of hydrogen-bond acceptors (Lipinski definition) is 6. The monoisotopic (exact) mass is 320 g/mol. The largest absolute Gasteiger partial charge is 0.427 e. The van der Waals surface area contributed by atoms with E-state index in [0.29, 0.717) is 11.6 Å². The average Bonchev–Trinajstić information content (AvgIpc) is 2.54. The van der Waals surface area contributed by atoms with Gasteiger partial charge in [-0.25, -0.2) is 18.4 Å². The van der Waals surface area contributed by atoms with Crippen LogP contribution in [0.3, 0.4) is 0 Å². The van der Waals surface area contributed by atoms with E-state index in [2.05, 4.69) is 9.97 Å². The van der Waals surface area contributed by atoms with E-state index in [0.717, 1.165) is 0 Å². The van der Waals surface area contributed by atoms with E-state index < -0.39 is 9.84 Å². The summed E-state index contributed by atoms with van der Waals surface area (Å²) >= 11 is 0. The molecule has 0 aliphatic heterocycles. The van der Waals surface area contributed by atoms with Gasteiger partial charge >= 0.3 is 5.97 Å². The number of sulfone groups is 1. The highest BCUT2D eigenvalue weighted by Crippen LogP contribution is 2.11. The van der Waals surface area contributed by atoms with E-state index in [1.807, 2.05) is 6.07 Å². The van der Waals surface area contributed by atoms with Gasteiger partial charge in [0, 0.05) is 18.8 Å². The van der Waals surface area contributed by atoms with E-state index in [1.165, 1.54) is 12.4 Å². The number of rotatable bonds is 6. The van der Waals surface area contributed by atoms with Gasteiger partial charge in [-0.2, -0.15) is 0 Å². The number of carbonyl (C=O) groups excluding carboxylic acids is 1. The number of nitrogens with zero attached hydrogens (tertiary/aromatic N) is 2. The van der Waals surface area contributed by atoms with Gasteiger partial charge in [0.1, 0.15) is 16.5 Å². The van der Waals surface area contributed by atoms with Gasteiger partial charge in [0.2, 0.25) is 0 Å². The van der Waals surface area contributed by atoms with Crippen LogP contribution in [0.2, 0.25) is 0 Å². The quantitative estimate of drug-likeness (QED) is 0.596. The lowest BCUT2D eigenvalue weighted by Crippen LogP contribution is -2.11. The summed E-state index contributed by atoms with van der Waals surface area (Å²) < 4.78 is 28.4. The Balaban J connectivity index is 1.91. The number of aryl methyl sites for hydroxylation is 1. The molecule has 0 aliphatic carbocycles. The van der Waals surface area contributed by atoms with Crippen LogP contribution in [-0.2, 0) is 21.1 Å². The van der Waals surface area contributed by atoms with Crippen LogP contribution in [0.25, 0.3) is 0 Å². The summed E-state index contributed by atoms with van der Waals surface area (Å²) in [5, 5.41) is 0. The number of aromatic nitrogens is 2. The molecular formula is C15H16N2O4S. The van der Waals surface area contributed by atoms with E-state index in [9.17, 15) is 13.2 Å². The lowest BCUT2D eigenvalue weighted by Gasteiger charge is -2.04. The molecule has 0 N–H and O–H groups in total. The lowest BCUT2D eigenvalue weighted by atomic mass is 10.3. The Morgan fingerprint density at radius 3 is 2.36 bits per heavy atom. The second-order valence-electron chi connectivity index (χ2n) is 4.53. The summed E-state index contributed by atoms with van der Waals surface area (Å²) in [4.78, 5) is 19.7. The Morgan fingerprint density at radius 1 is 1.14 bits per heavy atom. The summed E-state index contributed by atoms with van der Waals surface area (Å²) in [6, 6.07) is 8.77. The molecule has 1 heterocycles. The van der Waals surface area contributed by atoms with E-state index >= 15 is 0 Å². The van der Waals surface area contributed by atoms with Crippen molar-refractivity contribution in [2.75, 3.05) is 5.75 Å². The van der Waals surface area contributed by atoms with E-state index in [4.69, 9.17) is 4.74 Å². The Kier molecular flexibility index (Phi) is 5.21. The van der Waals surface area contributed by atoms with Gasteiger partial charge in [-0.05, 0) is 12.1 Å². The van der Waals surface area contributed by atoms with Crippen LogP contribution in [0.15, 0.2) is 47.6 Å². The number of hydrogen-bond donors (Lipinski definition) is 0. The molecule has 1 aromatic heterocycles. The maximum absolute atomic E-state index is 11.7. The molecule has 0 unspecified atom stereocenters. The summed E-state index contributed by atoms with van der Waals surface area (Å²) in [7, 11) is -3.30. The second kappa shape index (κ2) is 7.13. The van der Waals surface area contributed by atoms with Crippen molar-refractivity contribution in [3.63, 3.8) is 0 Å². The van der Waals surface area contributed by atoms with Crippen LogP contribution in [0, 0.1) is 0 Å². The first-order chi connectivity index (χ1) is 10.5. The second-order valence-corrected chi connectivity index (χ2v) is 6.80. The standard InChI is InChI=1S/C15H16N2O4S/c1-2-22(19,20)13-10-16-14(17-11-13)8-9-15(18)21-12-6-4-3-5-7-12/h3-7,10-11H,2,8-9H2,1H3. The van der Waals surface area contributed by atoms with Crippen LogP contribution < -0.4 is 4.74 Å². The SMILES string of the molecule is CCS(=O)(=O)c1cnc(CCC(=O)Oc2ccccc2)nc1. The number of esters is 1. The van der Waals surface area contributed by atoms with Crippen molar-refractivity contribution in [3.8, 4) is 5.75 Å². The predicted molar refractivity (Wildman–Crippen MR) is 80.2 cm³/mol. The number of carbonyl (C=O) groups is 1. The predicted octanol–water partition coefficient (Wildman–Crippen LogP) is 1.81. The normalized spacial score (nSPS) is 11.1. The average molecular weight is 320 g/mol. The van der Waals surface area contributed by atoms with Crippen molar-refractivity contribution in [3.05, 3.63) is 48.5 Å². The van der Waals surface area contributed by atoms with Gasteiger partial charge in [-0.3, -0.25) is 4.79 Å². The zero-order chi connectivity index (χ0) is 16.0. The molecule has 0 spiro atoms. The highest BCUT2D eigenvalue weighted by molar-refractivity contribution is 7.91. The molecule has 2 rings (SSSR count). The molecule has 2 aromatic rings. The highest BCUT2D eigenvalue weighted by atomic mass is 32.2. The maximum atomic E-state index is 11.7. The minimum atomic E-state index is -3.30. The molecule has 1 aromatic carbocycles. The van der Waals surface area contributed by atoms with Crippen molar-refractivity contribution in [2.45, 2.75) is 24.7 Å². The Bertz CT molecular complexity index is 728. The summed E-state index contributed by atoms with van der Waals surface area (Å²) in [6.45, 7) is 1.56. The molecule has 6 nitrogen and oxygen atoms in total. The molecule has 0 bridgehead atoms. The maximum Gasteiger partial charge on any atom is 0.311 e. The summed E-state index contributed by atoms with van der Waals surface area (Å²) in [5.74, 6) is 0.497. The van der Waals surface area contributed by atoms with Crippen molar-refractivity contribution in [2.24, 2.45) is 0 Å². The number of ether oxygens (including phenoxy) is 1. The summed E-state index contributed by atoms with van der Waals surface area (Å²) in [6.07, 6.45) is 2.94. The molecule has 0 amide bonds. The zero-order valence-corrected chi connectivity index (χ0v) is 12.9. The highest BCUT2D eigenvalue weighted by Gasteiger charge is 2.13. The third-order valence-electron chi connectivity index (χ3n) is 2.95. The molecule has 0 radical (unpaired) electrons. The third-order valence-corrected chi connectivity index (χ3v) is 4.64.